The van der Waals surface area contributed by atoms with Gasteiger partial charge in [0.2, 0.25) is 0 Å². The molecule has 10 heteroatoms. The second-order valence-corrected chi connectivity index (χ2v) is 9.05. The van der Waals surface area contributed by atoms with Crippen LogP contribution in [0.15, 0.2) is 16.5 Å². The molecule has 22 heavy (non-hydrogen) atoms. The molecule has 0 unspecified atom stereocenters. The van der Waals surface area contributed by atoms with Gasteiger partial charge < -0.3 is 5.32 Å². The van der Waals surface area contributed by atoms with Gasteiger partial charge in [-0.2, -0.15) is 0 Å². The number of sulfone groups is 1. The molecule has 0 aliphatic carbocycles. The molecular weight excluding hydrogens is 346 g/mol. The van der Waals surface area contributed by atoms with Crippen LogP contribution in [0.25, 0.3) is 0 Å². The van der Waals surface area contributed by atoms with Crippen molar-refractivity contribution in [1.82, 2.24) is 4.98 Å². The molecule has 0 saturated heterocycles. The number of nitrogens with one attached hydrogen (secondary N) is 1. The zero-order valence-electron chi connectivity index (χ0n) is 12.0. The van der Waals surface area contributed by atoms with Crippen molar-refractivity contribution in [1.29, 1.82) is 0 Å². The molecule has 2 aromatic rings. The van der Waals surface area contributed by atoms with Gasteiger partial charge >= 0.3 is 5.69 Å². The summed E-state index contributed by atoms with van der Waals surface area (Å²) in [6, 6.07) is 1.10. The molecule has 0 amide bonds. The first kappa shape index (κ1) is 16.8. The molecule has 0 radical (unpaired) electrons. The predicted molar refractivity (Wildman–Crippen MR) is 87.8 cm³/mol. The second kappa shape index (κ2) is 6.71. The number of hydrogen-bond donors (Lipinski definition) is 1. The molecule has 0 aromatic carbocycles. The van der Waals surface area contributed by atoms with Crippen molar-refractivity contribution in [2.45, 2.75) is 24.0 Å². The Morgan fingerprint density at radius 2 is 2.14 bits per heavy atom. The van der Waals surface area contributed by atoms with E-state index in [0.29, 0.717) is 13.0 Å². The maximum atomic E-state index is 11.5. The minimum atomic E-state index is -3.45. The second-order valence-electron chi connectivity index (χ2n) is 4.56. The highest BCUT2D eigenvalue weighted by atomic mass is 32.2. The standard InChI is InChI=1S/C12H15N3O4S3/c1-3-8-7-14-10(20-8)4-5-13-12-9(15(16)17)6-11(21-12)22(2,18)19/h6-7,13H,3-5H2,1-2H3. The lowest BCUT2D eigenvalue weighted by Crippen LogP contribution is -2.04. The van der Waals surface area contributed by atoms with Gasteiger partial charge in [0.05, 0.1) is 9.93 Å². The van der Waals surface area contributed by atoms with Gasteiger partial charge in [-0.1, -0.05) is 18.3 Å². The number of thiazole rings is 1. The van der Waals surface area contributed by atoms with E-state index >= 15 is 0 Å². The van der Waals surface area contributed by atoms with Gasteiger partial charge in [-0.05, 0) is 6.42 Å². The summed E-state index contributed by atoms with van der Waals surface area (Å²) in [5.74, 6) is 0. The van der Waals surface area contributed by atoms with Crippen LogP contribution in [0.4, 0.5) is 10.7 Å². The largest absolute Gasteiger partial charge is 0.371 e. The van der Waals surface area contributed by atoms with E-state index in [9.17, 15) is 18.5 Å². The number of nitrogens with zero attached hydrogens (tertiary/aromatic N) is 2. The van der Waals surface area contributed by atoms with Gasteiger partial charge in [-0.3, -0.25) is 10.1 Å². The Balaban J connectivity index is 2.08. The molecule has 120 valence electrons. The minimum absolute atomic E-state index is 0.00998. The van der Waals surface area contributed by atoms with Crippen molar-refractivity contribution in [3.8, 4) is 0 Å². The third-order valence-corrected chi connectivity index (χ3v) is 6.91. The molecule has 0 atom stereocenters. The first-order chi connectivity index (χ1) is 10.3. The molecule has 2 rings (SSSR count). The molecule has 0 spiro atoms. The van der Waals surface area contributed by atoms with Crippen LogP contribution in [0.5, 0.6) is 0 Å². The topological polar surface area (TPSA) is 102 Å². The molecule has 2 heterocycles. The van der Waals surface area contributed by atoms with Gasteiger partial charge in [-0.25, -0.2) is 13.4 Å². The van der Waals surface area contributed by atoms with Crippen LogP contribution in [-0.2, 0) is 22.7 Å². The number of thiophene rings is 1. The van der Waals surface area contributed by atoms with Crippen LogP contribution in [-0.4, -0.2) is 31.1 Å². The number of aryl methyl sites for hydroxylation is 1. The monoisotopic (exact) mass is 361 g/mol. The zero-order valence-corrected chi connectivity index (χ0v) is 14.5. The highest BCUT2D eigenvalue weighted by Gasteiger charge is 2.23. The van der Waals surface area contributed by atoms with Crippen LogP contribution in [0, 0.1) is 10.1 Å². The average molecular weight is 361 g/mol. The van der Waals surface area contributed by atoms with Gasteiger partial charge in [0.25, 0.3) is 0 Å². The lowest BCUT2D eigenvalue weighted by molar-refractivity contribution is -0.383. The Labute approximate surface area is 136 Å². The van der Waals surface area contributed by atoms with Crippen LogP contribution in [0.2, 0.25) is 0 Å². The molecule has 0 aliphatic heterocycles. The fourth-order valence-corrected chi connectivity index (χ4v) is 4.54. The summed E-state index contributed by atoms with van der Waals surface area (Å²) in [6.07, 6.45) is 4.43. The highest BCUT2D eigenvalue weighted by molar-refractivity contribution is 7.92. The summed E-state index contributed by atoms with van der Waals surface area (Å²) in [4.78, 5) is 15.9. The average Bonchev–Trinajstić information content (AvgIpc) is 3.04. The quantitative estimate of drug-likeness (QED) is 0.601. The number of anilines is 1. The summed E-state index contributed by atoms with van der Waals surface area (Å²) in [6.45, 7) is 2.51. The zero-order chi connectivity index (χ0) is 16.3. The molecule has 7 nitrogen and oxygen atoms in total. The maximum Gasteiger partial charge on any atom is 0.304 e. The fraction of sp³-hybridized carbons (Fsp3) is 0.417. The van der Waals surface area contributed by atoms with Crippen molar-refractivity contribution in [2.75, 3.05) is 18.1 Å². The summed E-state index contributed by atoms with van der Waals surface area (Å²) in [7, 11) is -3.45. The van der Waals surface area contributed by atoms with Crippen molar-refractivity contribution < 1.29 is 13.3 Å². The molecule has 0 fully saturated rings. The van der Waals surface area contributed by atoms with Gasteiger partial charge in [-0.15, -0.1) is 11.3 Å². The van der Waals surface area contributed by atoms with E-state index in [1.54, 1.807) is 11.3 Å². The lowest BCUT2D eigenvalue weighted by atomic mass is 10.4. The molecule has 0 bridgehead atoms. The van der Waals surface area contributed by atoms with Crippen LogP contribution >= 0.6 is 22.7 Å². The SMILES string of the molecule is CCc1cnc(CCNc2sc(S(C)(=O)=O)cc2[N+](=O)[O-])s1. The van der Waals surface area contributed by atoms with Crippen LogP contribution < -0.4 is 5.32 Å². The smallest absolute Gasteiger partial charge is 0.304 e. The normalized spacial score (nSPS) is 11.5. The van der Waals surface area contributed by atoms with E-state index < -0.39 is 14.8 Å². The molecule has 1 N–H and O–H groups in total. The van der Waals surface area contributed by atoms with E-state index in [1.165, 1.54) is 4.88 Å². The number of rotatable bonds is 7. The van der Waals surface area contributed by atoms with E-state index in [1.807, 2.05) is 6.20 Å². The molecule has 0 aliphatic rings. The van der Waals surface area contributed by atoms with E-state index in [2.05, 4.69) is 17.2 Å². The van der Waals surface area contributed by atoms with Crippen molar-refractivity contribution in [3.05, 3.63) is 32.3 Å². The van der Waals surface area contributed by atoms with E-state index in [4.69, 9.17) is 0 Å². The third kappa shape index (κ3) is 4.02. The molecule has 0 saturated carbocycles. The van der Waals surface area contributed by atoms with Crippen molar-refractivity contribution in [3.63, 3.8) is 0 Å². The third-order valence-electron chi connectivity index (χ3n) is 2.83. The summed E-state index contributed by atoms with van der Waals surface area (Å²) >= 11 is 2.49. The summed E-state index contributed by atoms with van der Waals surface area (Å²) < 4.78 is 23.0. The number of aromatic nitrogens is 1. The molecule has 2 aromatic heterocycles. The van der Waals surface area contributed by atoms with E-state index in [-0.39, 0.29) is 14.9 Å². The Kier molecular flexibility index (Phi) is 5.14. The van der Waals surface area contributed by atoms with Gasteiger partial charge in [0.15, 0.2) is 14.8 Å². The highest BCUT2D eigenvalue weighted by Crippen LogP contribution is 2.36. The van der Waals surface area contributed by atoms with Crippen molar-refractivity contribution >= 4 is 43.2 Å². The fourth-order valence-electron chi connectivity index (χ4n) is 1.71. The van der Waals surface area contributed by atoms with Crippen LogP contribution in [0.3, 0.4) is 0 Å². The van der Waals surface area contributed by atoms with Crippen molar-refractivity contribution in [2.24, 2.45) is 0 Å². The predicted octanol–water partition coefficient (Wildman–Crippen LogP) is 2.73. The molecular formula is C12H15N3O4S3. The number of hydrogen-bond acceptors (Lipinski definition) is 8. The Bertz CT molecular complexity index is 779. The van der Waals surface area contributed by atoms with E-state index in [0.717, 1.165) is 35.1 Å². The maximum absolute atomic E-state index is 11.5. The Morgan fingerprint density at radius 3 is 2.68 bits per heavy atom. The number of nitro groups is 1. The lowest BCUT2D eigenvalue weighted by Gasteiger charge is -2.01. The first-order valence-electron chi connectivity index (χ1n) is 6.47. The van der Waals surface area contributed by atoms with Crippen LogP contribution in [0.1, 0.15) is 16.8 Å². The first-order valence-corrected chi connectivity index (χ1v) is 9.99. The van der Waals surface area contributed by atoms with Gasteiger partial charge in [0, 0.05) is 36.4 Å². The van der Waals surface area contributed by atoms with Gasteiger partial charge in [0.1, 0.15) is 4.21 Å². The summed E-state index contributed by atoms with van der Waals surface area (Å²) in [5, 5.41) is 15.2. The summed E-state index contributed by atoms with van der Waals surface area (Å²) in [5.41, 5.74) is -0.209. The Hall–Kier alpha value is -1.52. The minimum Gasteiger partial charge on any atom is -0.371 e. The Morgan fingerprint density at radius 1 is 1.41 bits per heavy atom.